The standard InChI is InChI=1S/C10H21N3O3/c1-9(2,3)16-8(15)10(13,7(12)14)5-4-6-11/h4-6,11,13H2,1-3H3,(H2,12,14)/t10-/m0/s1. The average Bonchev–Trinajstić information content (AvgIpc) is 2.10. The summed E-state index contributed by atoms with van der Waals surface area (Å²) in [7, 11) is 0. The summed E-state index contributed by atoms with van der Waals surface area (Å²) in [5.74, 6) is -1.70. The molecule has 0 aliphatic heterocycles. The van der Waals surface area contributed by atoms with Crippen LogP contribution in [0.25, 0.3) is 0 Å². The Morgan fingerprint density at radius 2 is 1.75 bits per heavy atom. The molecule has 0 saturated heterocycles. The summed E-state index contributed by atoms with van der Waals surface area (Å²) in [5.41, 5.74) is 13.6. The highest BCUT2D eigenvalue weighted by atomic mass is 16.6. The minimum Gasteiger partial charge on any atom is -0.458 e. The van der Waals surface area contributed by atoms with Crippen LogP contribution < -0.4 is 17.2 Å². The predicted octanol–water partition coefficient (Wildman–Crippen LogP) is -0.750. The minimum absolute atomic E-state index is 0.0910. The van der Waals surface area contributed by atoms with Gasteiger partial charge in [-0.1, -0.05) is 0 Å². The van der Waals surface area contributed by atoms with Crippen LogP contribution in [0.15, 0.2) is 0 Å². The molecule has 94 valence electrons. The van der Waals surface area contributed by atoms with E-state index in [1.54, 1.807) is 20.8 Å². The van der Waals surface area contributed by atoms with Crippen molar-refractivity contribution in [3.05, 3.63) is 0 Å². The molecule has 0 aliphatic carbocycles. The molecule has 6 N–H and O–H groups in total. The molecule has 0 fully saturated rings. The number of ether oxygens (including phenoxy) is 1. The van der Waals surface area contributed by atoms with Crippen molar-refractivity contribution < 1.29 is 14.3 Å². The number of esters is 1. The van der Waals surface area contributed by atoms with E-state index in [0.717, 1.165) is 0 Å². The maximum atomic E-state index is 11.7. The highest BCUT2D eigenvalue weighted by molar-refractivity contribution is 6.06. The van der Waals surface area contributed by atoms with Crippen molar-refractivity contribution >= 4 is 11.9 Å². The molecule has 16 heavy (non-hydrogen) atoms. The first kappa shape index (κ1) is 14.9. The molecular weight excluding hydrogens is 210 g/mol. The fourth-order valence-corrected chi connectivity index (χ4v) is 1.08. The molecule has 0 radical (unpaired) electrons. The summed E-state index contributed by atoms with van der Waals surface area (Å²) >= 11 is 0. The highest BCUT2D eigenvalue weighted by Crippen LogP contribution is 2.16. The molecule has 0 heterocycles. The minimum atomic E-state index is -1.79. The summed E-state index contributed by atoms with van der Waals surface area (Å²) in [6.45, 7) is 5.40. The van der Waals surface area contributed by atoms with Gasteiger partial charge in [0.1, 0.15) is 5.60 Å². The van der Waals surface area contributed by atoms with Crippen molar-refractivity contribution in [2.24, 2.45) is 17.2 Å². The van der Waals surface area contributed by atoms with E-state index in [0.29, 0.717) is 13.0 Å². The molecule has 0 rings (SSSR count). The SMILES string of the molecule is CC(C)(C)OC(=O)[C@](N)(CCCN)C(N)=O. The van der Waals surface area contributed by atoms with E-state index in [4.69, 9.17) is 21.9 Å². The maximum absolute atomic E-state index is 11.7. The van der Waals surface area contributed by atoms with Crippen LogP contribution in [0.5, 0.6) is 0 Å². The van der Waals surface area contributed by atoms with Crippen LogP contribution in [0, 0.1) is 0 Å². The van der Waals surface area contributed by atoms with Gasteiger partial charge in [0, 0.05) is 0 Å². The van der Waals surface area contributed by atoms with Crippen molar-refractivity contribution in [3.8, 4) is 0 Å². The fraction of sp³-hybridized carbons (Fsp3) is 0.800. The number of carbonyl (C=O) groups is 2. The van der Waals surface area contributed by atoms with Gasteiger partial charge in [0.05, 0.1) is 0 Å². The molecule has 0 aromatic carbocycles. The summed E-state index contributed by atoms with van der Waals surface area (Å²) in [6.07, 6.45) is 0.520. The molecule has 1 atom stereocenters. The Bertz CT molecular complexity index is 273. The quantitative estimate of drug-likeness (QED) is 0.424. The van der Waals surface area contributed by atoms with E-state index in [9.17, 15) is 9.59 Å². The first-order valence-electron chi connectivity index (χ1n) is 5.16. The molecule has 0 aliphatic rings. The first-order chi connectivity index (χ1) is 7.13. The summed E-state index contributed by atoms with van der Waals surface area (Å²) in [4.78, 5) is 22.9. The van der Waals surface area contributed by atoms with Crippen LogP contribution in [0.1, 0.15) is 33.6 Å². The largest absolute Gasteiger partial charge is 0.458 e. The van der Waals surface area contributed by atoms with E-state index < -0.39 is 23.0 Å². The van der Waals surface area contributed by atoms with Gasteiger partial charge in [0.25, 0.3) is 0 Å². The Morgan fingerprint density at radius 1 is 1.25 bits per heavy atom. The third-order valence-electron chi connectivity index (χ3n) is 1.98. The number of rotatable bonds is 5. The number of carbonyl (C=O) groups excluding carboxylic acids is 2. The van der Waals surface area contributed by atoms with Crippen molar-refractivity contribution in [1.29, 1.82) is 0 Å². The van der Waals surface area contributed by atoms with Gasteiger partial charge in [0.15, 0.2) is 5.54 Å². The molecule has 0 saturated carbocycles. The van der Waals surface area contributed by atoms with Gasteiger partial charge in [-0.2, -0.15) is 0 Å². The van der Waals surface area contributed by atoms with Crippen molar-refractivity contribution in [2.45, 2.75) is 44.8 Å². The molecule has 6 nitrogen and oxygen atoms in total. The number of hydrogen-bond donors (Lipinski definition) is 3. The third-order valence-corrected chi connectivity index (χ3v) is 1.98. The van der Waals surface area contributed by atoms with Crippen molar-refractivity contribution in [3.63, 3.8) is 0 Å². The first-order valence-corrected chi connectivity index (χ1v) is 5.16. The van der Waals surface area contributed by atoms with Crippen LogP contribution in [0.4, 0.5) is 0 Å². The molecule has 0 aromatic heterocycles. The Morgan fingerprint density at radius 3 is 2.06 bits per heavy atom. The smallest absolute Gasteiger partial charge is 0.336 e. The van der Waals surface area contributed by atoms with Gasteiger partial charge >= 0.3 is 5.97 Å². The van der Waals surface area contributed by atoms with Gasteiger partial charge in [-0.05, 0) is 40.2 Å². The molecule has 0 unspecified atom stereocenters. The summed E-state index contributed by atoms with van der Waals surface area (Å²) in [6, 6.07) is 0. The zero-order chi connectivity index (χ0) is 13.0. The molecular formula is C10H21N3O3. The summed E-state index contributed by atoms with van der Waals surface area (Å²) < 4.78 is 5.06. The van der Waals surface area contributed by atoms with Gasteiger partial charge in [-0.25, -0.2) is 4.79 Å². The van der Waals surface area contributed by atoms with Crippen molar-refractivity contribution in [1.82, 2.24) is 0 Å². The van der Waals surface area contributed by atoms with Crippen LogP contribution >= 0.6 is 0 Å². The monoisotopic (exact) mass is 231 g/mol. The Hall–Kier alpha value is -1.14. The number of hydrogen-bond acceptors (Lipinski definition) is 5. The lowest BCUT2D eigenvalue weighted by molar-refractivity contribution is -0.164. The molecule has 0 spiro atoms. The van der Waals surface area contributed by atoms with Crippen LogP contribution in [-0.2, 0) is 14.3 Å². The van der Waals surface area contributed by atoms with Crippen LogP contribution in [0.3, 0.4) is 0 Å². The Labute approximate surface area is 95.5 Å². The molecule has 0 bridgehead atoms. The molecule has 0 aromatic rings. The van der Waals surface area contributed by atoms with E-state index in [-0.39, 0.29) is 6.42 Å². The zero-order valence-electron chi connectivity index (χ0n) is 10.1. The Kier molecular flexibility index (Phi) is 4.89. The number of nitrogens with two attached hydrogens (primary N) is 3. The average molecular weight is 231 g/mol. The normalized spacial score (nSPS) is 15.3. The van der Waals surface area contributed by atoms with Gasteiger partial charge in [0.2, 0.25) is 5.91 Å². The number of amides is 1. The second-order valence-corrected chi connectivity index (χ2v) is 4.73. The lowest BCUT2D eigenvalue weighted by atomic mass is 9.93. The van der Waals surface area contributed by atoms with Gasteiger partial charge < -0.3 is 21.9 Å². The van der Waals surface area contributed by atoms with E-state index >= 15 is 0 Å². The topological polar surface area (TPSA) is 121 Å². The van der Waals surface area contributed by atoms with Gasteiger partial charge in [-0.15, -0.1) is 0 Å². The van der Waals surface area contributed by atoms with Crippen LogP contribution in [-0.4, -0.2) is 29.6 Å². The highest BCUT2D eigenvalue weighted by Gasteiger charge is 2.43. The second-order valence-electron chi connectivity index (χ2n) is 4.73. The fourth-order valence-electron chi connectivity index (χ4n) is 1.08. The van der Waals surface area contributed by atoms with Crippen molar-refractivity contribution in [2.75, 3.05) is 6.54 Å². The maximum Gasteiger partial charge on any atom is 0.336 e. The Balaban J connectivity index is 4.77. The van der Waals surface area contributed by atoms with E-state index in [1.165, 1.54) is 0 Å². The number of primary amides is 1. The van der Waals surface area contributed by atoms with E-state index in [2.05, 4.69) is 0 Å². The molecule has 6 heteroatoms. The lowest BCUT2D eigenvalue weighted by Crippen LogP contribution is -2.60. The summed E-state index contributed by atoms with van der Waals surface area (Å²) in [5, 5.41) is 0. The van der Waals surface area contributed by atoms with E-state index in [1.807, 2.05) is 0 Å². The predicted molar refractivity (Wildman–Crippen MR) is 60.2 cm³/mol. The zero-order valence-corrected chi connectivity index (χ0v) is 10.1. The second kappa shape index (κ2) is 5.27. The lowest BCUT2D eigenvalue weighted by Gasteiger charge is -2.28. The molecule has 1 amide bonds. The van der Waals surface area contributed by atoms with Crippen LogP contribution in [0.2, 0.25) is 0 Å². The third kappa shape index (κ3) is 4.16. The van der Waals surface area contributed by atoms with Gasteiger partial charge in [-0.3, -0.25) is 4.79 Å².